The van der Waals surface area contributed by atoms with E-state index in [1.807, 2.05) is 18.2 Å². The number of non-ortho nitro benzene ring substituents is 1. The lowest BCUT2D eigenvalue weighted by atomic mass is 9.92. The molecular weight excluding hydrogens is 336 g/mol. The molecule has 0 saturated heterocycles. The molecule has 1 aliphatic carbocycles. The van der Waals surface area contributed by atoms with Crippen LogP contribution < -0.4 is 5.43 Å². The topological polar surface area (TPSA) is 111 Å². The Kier molecular flexibility index (Phi) is 5.21. The van der Waals surface area contributed by atoms with E-state index in [-0.39, 0.29) is 17.1 Å². The summed E-state index contributed by atoms with van der Waals surface area (Å²) >= 11 is 0. The van der Waals surface area contributed by atoms with Crippen molar-refractivity contribution in [1.82, 2.24) is 0 Å². The summed E-state index contributed by atoms with van der Waals surface area (Å²) in [4.78, 5) is 20.8. The minimum Gasteiger partial charge on any atom is -0.271 e. The van der Waals surface area contributed by atoms with E-state index in [4.69, 9.17) is 0 Å². The summed E-state index contributed by atoms with van der Waals surface area (Å²) < 4.78 is 0. The monoisotopic (exact) mass is 354 g/mol. The zero-order chi connectivity index (χ0) is 18.5. The van der Waals surface area contributed by atoms with Crippen LogP contribution in [0.25, 0.3) is 0 Å². The summed E-state index contributed by atoms with van der Waals surface area (Å²) in [7, 11) is 0. The molecule has 134 valence electrons. The molecule has 0 heterocycles. The van der Waals surface area contributed by atoms with Crippen LogP contribution in [0.15, 0.2) is 47.6 Å². The molecule has 8 heteroatoms. The number of nitrogens with zero attached hydrogens (tertiary/aromatic N) is 3. The fourth-order valence-corrected chi connectivity index (χ4v) is 3.06. The van der Waals surface area contributed by atoms with Crippen molar-refractivity contribution in [2.75, 3.05) is 5.43 Å². The predicted molar refractivity (Wildman–Crippen MR) is 98.5 cm³/mol. The maximum absolute atomic E-state index is 11.2. The highest BCUT2D eigenvalue weighted by Crippen LogP contribution is 2.29. The Morgan fingerprint density at radius 3 is 2.46 bits per heavy atom. The molecule has 0 saturated carbocycles. The third kappa shape index (κ3) is 3.85. The molecule has 0 aliphatic heterocycles. The average molecular weight is 354 g/mol. The first-order valence-corrected chi connectivity index (χ1v) is 8.40. The van der Waals surface area contributed by atoms with Crippen molar-refractivity contribution in [3.8, 4) is 0 Å². The lowest BCUT2D eigenvalue weighted by molar-refractivity contribution is -0.393. The molecule has 0 amide bonds. The molecular formula is C18H18N4O4. The quantitative estimate of drug-likeness (QED) is 0.644. The van der Waals surface area contributed by atoms with Gasteiger partial charge in [0.2, 0.25) is 0 Å². The minimum absolute atomic E-state index is 0.132. The Morgan fingerprint density at radius 2 is 1.69 bits per heavy atom. The highest BCUT2D eigenvalue weighted by Gasteiger charge is 2.20. The molecule has 2 aromatic carbocycles. The zero-order valence-electron chi connectivity index (χ0n) is 14.1. The van der Waals surface area contributed by atoms with Gasteiger partial charge in [-0.2, -0.15) is 5.10 Å². The molecule has 0 aromatic heterocycles. The fourth-order valence-electron chi connectivity index (χ4n) is 3.06. The summed E-state index contributed by atoms with van der Waals surface area (Å²) in [5.41, 5.74) is 5.28. The van der Waals surface area contributed by atoms with Gasteiger partial charge in [-0.05, 0) is 37.3 Å². The Hall–Kier alpha value is -3.29. The molecule has 26 heavy (non-hydrogen) atoms. The summed E-state index contributed by atoms with van der Waals surface area (Å²) in [5, 5.41) is 26.5. The van der Waals surface area contributed by atoms with Gasteiger partial charge in [0, 0.05) is 11.6 Å². The van der Waals surface area contributed by atoms with Gasteiger partial charge in [0.05, 0.1) is 21.6 Å². The Morgan fingerprint density at radius 1 is 0.923 bits per heavy atom. The van der Waals surface area contributed by atoms with E-state index in [0.29, 0.717) is 0 Å². The van der Waals surface area contributed by atoms with Crippen LogP contribution in [-0.2, 0) is 6.42 Å². The number of benzene rings is 2. The highest BCUT2D eigenvalue weighted by molar-refractivity contribution is 6.02. The molecule has 0 bridgehead atoms. The molecule has 0 fully saturated rings. The van der Waals surface area contributed by atoms with Crippen molar-refractivity contribution in [2.45, 2.75) is 32.1 Å². The third-order valence-electron chi connectivity index (χ3n) is 4.39. The summed E-state index contributed by atoms with van der Waals surface area (Å²) in [5.74, 6) is 0. The van der Waals surface area contributed by atoms with Crippen LogP contribution in [0.2, 0.25) is 0 Å². The van der Waals surface area contributed by atoms with Crippen molar-refractivity contribution < 1.29 is 9.85 Å². The zero-order valence-corrected chi connectivity index (χ0v) is 14.1. The number of aryl methyl sites for hydroxylation is 1. The molecule has 1 aliphatic rings. The minimum atomic E-state index is -0.659. The van der Waals surface area contributed by atoms with E-state index in [9.17, 15) is 20.2 Å². The lowest BCUT2D eigenvalue weighted by Gasteiger charge is -2.16. The van der Waals surface area contributed by atoms with E-state index >= 15 is 0 Å². The number of anilines is 1. The third-order valence-corrected chi connectivity index (χ3v) is 4.39. The van der Waals surface area contributed by atoms with Gasteiger partial charge in [-0.15, -0.1) is 0 Å². The summed E-state index contributed by atoms with van der Waals surface area (Å²) in [6.07, 6.45) is 4.98. The van der Waals surface area contributed by atoms with Gasteiger partial charge in [-0.25, -0.2) is 0 Å². The first-order valence-electron chi connectivity index (χ1n) is 8.40. The van der Waals surface area contributed by atoms with Gasteiger partial charge >= 0.3 is 5.69 Å². The van der Waals surface area contributed by atoms with Crippen LogP contribution in [0.4, 0.5) is 17.1 Å². The number of nitro groups is 2. The molecule has 0 unspecified atom stereocenters. The maximum atomic E-state index is 11.2. The van der Waals surface area contributed by atoms with Crippen LogP contribution in [0.3, 0.4) is 0 Å². The highest BCUT2D eigenvalue weighted by atomic mass is 16.6. The molecule has 2 aromatic rings. The smallest absolute Gasteiger partial charge is 0.271 e. The average Bonchev–Trinajstić information content (AvgIpc) is 2.61. The number of fused-ring (bicyclic) bond motifs is 1. The molecule has 0 radical (unpaired) electrons. The van der Waals surface area contributed by atoms with Gasteiger partial charge < -0.3 is 0 Å². The normalized spacial score (nSPS) is 15.6. The summed E-state index contributed by atoms with van der Waals surface area (Å²) in [6.45, 7) is 0. The van der Waals surface area contributed by atoms with Crippen LogP contribution in [-0.4, -0.2) is 15.6 Å². The van der Waals surface area contributed by atoms with Crippen molar-refractivity contribution in [3.63, 3.8) is 0 Å². The van der Waals surface area contributed by atoms with E-state index in [1.165, 1.54) is 17.7 Å². The number of nitrogens with one attached hydrogen (secondary N) is 1. The van der Waals surface area contributed by atoms with Crippen molar-refractivity contribution in [3.05, 3.63) is 73.8 Å². The second kappa shape index (κ2) is 7.73. The van der Waals surface area contributed by atoms with Crippen LogP contribution >= 0.6 is 0 Å². The Bertz CT molecular complexity index is 879. The first kappa shape index (κ1) is 17.5. The first-order chi connectivity index (χ1) is 12.6. The second-order valence-corrected chi connectivity index (χ2v) is 6.10. The van der Waals surface area contributed by atoms with Crippen molar-refractivity contribution in [1.29, 1.82) is 0 Å². The van der Waals surface area contributed by atoms with E-state index in [0.717, 1.165) is 49.4 Å². The number of nitro benzene ring substituents is 2. The van der Waals surface area contributed by atoms with E-state index < -0.39 is 9.85 Å². The number of hydrogen-bond donors (Lipinski definition) is 1. The molecule has 0 spiro atoms. The summed E-state index contributed by atoms with van der Waals surface area (Å²) in [6, 6.07) is 11.5. The second-order valence-electron chi connectivity index (χ2n) is 6.10. The molecule has 3 rings (SSSR count). The Balaban J connectivity index is 1.94. The molecule has 0 atom stereocenters. The van der Waals surface area contributed by atoms with Crippen molar-refractivity contribution >= 4 is 22.8 Å². The lowest BCUT2D eigenvalue weighted by Crippen LogP contribution is -2.11. The van der Waals surface area contributed by atoms with Crippen LogP contribution in [0, 0.1) is 20.2 Å². The van der Waals surface area contributed by atoms with Crippen LogP contribution in [0.1, 0.15) is 36.8 Å². The largest absolute Gasteiger partial charge is 0.301 e. The SMILES string of the molecule is O=[N+]([O-])c1ccc(N/N=C2/CCCCCc3ccccc32)c([N+](=O)[O-])c1. The fraction of sp³-hybridized carbons (Fsp3) is 0.278. The standard InChI is InChI=1S/C18H18N4O4/c23-21(24)14-10-11-17(18(12-14)22(25)26)20-19-16-9-3-1-2-6-13-7-4-5-8-15(13)16/h4-5,7-8,10-12,20H,1-3,6,9H2/b19-16-. The molecule has 8 nitrogen and oxygen atoms in total. The predicted octanol–water partition coefficient (Wildman–Crippen LogP) is 4.44. The number of hydrazone groups is 1. The van der Waals surface area contributed by atoms with E-state index in [2.05, 4.69) is 16.6 Å². The Labute approximate surface area is 149 Å². The maximum Gasteiger partial charge on any atom is 0.301 e. The van der Waals surface area contributed by atoms with Crippen molar-refractivity contribution in [2.24, 2.45) is 5.10 Å². The van der Waals surface area contributed by atoms with Gasteiger partial charge in [0.15, 0.2) is 0 Å². The van der Waals surface area contributed by atoms with Gasteiger partial charge in [-0.1, -0.05) is 30.7 Å². The van der Waals surface area contributed by atoms with E-state index in [1.54, 1.807) is 0 Å². The van der Waals surface area contributed by atoms with Gasteiger partial charge in [0.25, 0.3) is 5.69 Å². The van der Waals surface area contributed by atoms with Gasteiger partial charge in [-0.3, -0.25) is 25.7 Å². The number of hydrogen-bond acceptors (Lipinski definition) is 6. The molecule has 1 N–H and O–H groups in total. The van der Waals surface area contributed by atoms with Gasteiger partial charge in [0.1, 0.15) is 5.69 Å². The number of rotatable bonds is 4. The van der Waals surface area contributed by atoms with Crippen LogP contribution in [0.5, 0.6) is 0 Å².